The van der Waals surface area contributed by atoms with Crippen molar-refractivity contribution in [3.05, 3.63) is 53.7 Å². The topological polar surface area (TPSA) is 66.5 Å². The van der Waals surface area contributed by atoms with Crippen molar-refractivity contribution >= 4 is 17.5 Å². The number of benzene rings is 1. The fraction of sp³-hybridized carbons (Fsp3) is 0.400. The first-order valence-corrected chi connectivity index (χ1v) is 9.16. The van der Waals surface area contributed by atoms with Gasteiger partial charge in [0.2, 0.25) is 0 Å². The summed E-state index contributed by atoms with van der Waals surface area (Å²) in [5.41, 5.74) is 2.83. The van der Waals surface area contributed by atoms with Crippen LogP contribution in [-0.4, -0.2) is 30.7 Å². The molecule has 2 N–H and O–H groups in total. The van der Waals surface area contributed by atoms with Crippen molar-refractivity contribution in [2.24, 2.45) is 0 Å². The van der Waals surface area contributed by atoms with Gasteiger partial charge in [0.1, 0.15) is 5.82 Å². The molecule has 0 unspecified atom stereocenters. The summed E-state index contributed by atoms with van der Waals surface area (Å²) in [6, 6.07) is 11.6. The van der Waals surface area contributed by atoms with Crippen molar-refractivity contribution in [2.75, 3.05) is 29.9 Å². The summed E-state index contributed by atoms with van der Waals surface area (Å²) in [4.78, 5) is 18.9. The highest BCUT2D eigenvalue weighted by atomic mass is 16.5. The number of aromatic nitrogens is 1. The molecule has 0 atom stereocenters. The lowest BCUT2D eigenvalue weighted by atomic mass is 10.1. The molecule has 1 aromatic heterocycles. The van der Waals surface area contributed by atoms with Gasteiger partial charge in [-0.1, -0.05) is 24.3 Å². The molecule has 0 radical (unpaired) electrons. The number of hydrogen-bond donors (Lipinski definition) is 2. The molecule has 1 aromatic carbocycles. The van der Waals surface area contributed by atoms with Gasteiger partial charge in [0.15, 0.2) is 0 Å². The monoisotopic (exact) mass is 354 g/mol. The molecule has 138 valence electrons. The van der Waals surface area contributed by atoms with Crippen molar-refractivity contribution in [1.29, 1.82) is 0 Å². The van der Waals surface area contributed by atoms with E-state index in [0.717, 1.165) is 30.0 Å². The van der Waals surface area contributed by atoms with Crippen LogP contribution in [0.3, 0.4) is 0 Å². The number of amides is 2. The molecule has 1 aliphatic heterocycles. The fourth-order valence-electron chi connectivity index (χ4n) is 3.03. The Kier molecular flexibility index (Phi) is 6.44. The molecule has 26 heavy (non-hydrogen) atoms. The normalized spacial score (nSPS) is 13.7. The number of ether oxygens (including phenoxy) is 1. The lowest BCUT2D eigenvalue weighted by molar-refractivity contribution is 0.133. The highest BCUT2D eigenvalue weighted by molar-refractivity contribution is 5.89. The van der Waals surface area contributed by atoms with Gasteiger partial charge in [0.25, 0.3) is 0 Å². The highest BCUT2D eigenvalue weighted by Crippen LogP contribution is 2.19. The maximum absolute atomic E-state index is 12.2. The first-order valence-electron chi connectivity index (χ1n) is 9.16. The van der Waals surface area contributed by atoms with Gasteiger partial charge in [-0.25, -0.2) is 9.78 Å². The van der Waals surface area contributed by atoms with Gasteiger partial charge in [-0.2, -0.15) is 0 Å². The van der Waals surface area contributed by atoms with Gasteiger partial charge in [-0.3, -0.25) is 0 Å². The molecule has 3 rings (SSSR count). The predicted octanol–water partition coefficient (Wildman–Crippen LogP) is 3.54. The number of anilines is 2. The average Bonchev–Trinajstić information content (AvgIpc) is 3.21. The second kappa shape index (κ2) is 9.20. The summed E-state index contributed by atoms with van der Waals surface area (Å²) < 4.78 is 5.48. The molecule has 0 spiro atoms. The third kappa shape index (κ3) is 4.95. The third-order valence-corrected chi connectivity index (χ3v) is 4.46. The number of carbonyl (C=O) groups is 1. The van der Waals surface area contributed by atoms with Crippen LogP contribution < -0.4 is 15.5 Å². The lowest BCUT2D eigenvalue weighted by Crippen LogP contribution is -2.28. The zero-order valence-electron chi connectivity index (χ0n) is 15.2. The quantitative estimate of drug-likeness (QED) is 0.798. The minimum atomic E-state index is -0.244. The minimum absolute atomic E-state index is 0.244. The summed E-state index contributed by atoms with van der Waals surface area (Å²) in [6.45, 7) is 5.76. The number of urea groups is 1. The van der Waals surface area contributed by atoms with E-state index in [1.54, 1.807) is 6.20 Å². The van der Waals surface area contributed by atoms with E-state index in [1.165, 1.54) is 12.8 Å². The van der Waals surface area contributed by atoms with E-state index in [4.69, 9.17) is 4.74 Å². The lowest BCUT2D eigenvalue weighted by Gasteiger charge is -2.16. The summed E-state index contributed by atoms with van der Waals surface area (Å²) >= 11 is 0. The van der Waals surface area contributed by atoms with E-state index >= 15 is 0 Å². The maximum atomic E-state index is 12.2. The van der Waals surface area contributed by atoms with Crippen molar-refractivity contribution in [3.8, 4) is 0 Å². The van der Waals surface area contributed by atoms with Crippen LogP contribution in [0.15, 0.2) is 42.6 Å². The number of nitrogens with zero attached hydrogens (tertiary/aromatic N) is 2. The molecule has 6 nitrogen and oxygen atoms in total. The number of nitrogens with one attached hydrogen (secondary N) is 2. The minimum Gasteiger partial charge on any atom is -0.377 e. The Bertz CT molecular complexity index is 712. The molecule has 1 saturated heterocycles. The van der Waals surface area contributed by atoms with Crippen LogP contribution in [0.25, 0.3) is 0 Å². The Morgan fingerprint density at radius 3 is 2.62 bits per heavy atom. The van der Waals surface area contributed by atoms with Crippen molar-refractivity contribution in [1.82, 2.24) is 10.3 Å². The van der Waals surface area contributed by atoms with E-state index in [2.05, 4.69) is 20.5 Å². The molecule has 6 heteroatoms. The standard InChI is InChI=1S/C20H26N4O2/c1-2-26-15-17-8-4-3-7-16(17)13-22-20(25)23-18-9-10-19(21-14-18)24-11-5-6-12-24/h3-4,7-10,14H,2,5-6,11-13,15H2,1H3,(H2,22,23,25). The maximum Gasteiger partial charge on any atom is 0.319 e. The Balaban J connectivity index is 1.51. The van der Waals surface area contributed by atoms with E-state index in [0.29, 0.717) is 25.4 Å². The van der Waals surface area contributed by atoms with Crippen LogP contribution >= 0.6 is 0 Å². The second-order valence-electron chi connectivity index (χ2n) is 6.31. The number of rotatable bonds is 7. The van der Waals surface area contributed by atoms with Crippen molar-refractivity contribution in [3.63, 3.8) is 0 Å². The first-order chi connectivity index (χ1) is 12.8. The van der Waals surface area contributed by atoms with Crippen LogP contribution in [0.5, 0.6) is 0 Å². The highest BCUT2D eigenvalue weighted by Gasteiger charge is 2.13. The average molecular weight is 354 g/mol. The Morgan fingerprint density at radius 1 is 1.15 bits per heavy atom. The number of pyridine rings is 1. The molecule has 0 aliphatic carbocycles. The largest absolute Gasteiger partial charge is 0.377 e. The molecule has 1 fully saturated rings. The third-order valence-electron chi connectivity index (χ3n) is 4.46. The summed E-state index contributed by atoms with van der Waals surface area (Å²) in [5.74, 6) is 0.971. The van der Waals surface area contributed by atoms with E-state index < -0.39 is 0 Å². The Hall–Kier alpha value is -2.60. The first kappa shape index (κ1) is 18.2. The van der Waals surface area contributed by atoms with Gasteiger partial charge in [0.05, 0.1) is 18.5 Å². The van der Waals surface area contributed by atoms with Crippen LogP contribution in [0, 0.1) is 0 Å². The summed E-state index contributed by atoms with van der Waals surface area (Å²) in [6.07, 6.45) is 4.14. The molecule has 0 saturated carbocycles. The van der Waals surface area contributed by atoms with Crippen LogP contribution in [0.4, 0.5) is 16.3 Å². The smallest absolute Gasteiger partial charge is 0.319 e. The zero-order valence-corrected chi connectivity index (χ0v) is 15.2. The molecule has 1 aliphatic rings. The Labute approximate surface area is 154 Å². The predicted molar refractivity (Wildman–Crippen MR) is 103 cm³/mol. The van der Waals surface area contributed by atoms with Crippen molar-refractivity contribution in [2.45, 2.75) is 32.9 Å². The molecule has 2 aromatic rings. The van der Waals surface area contributed by atoms with Gasteiger partial charge < -0.3 is 20.3 Å². The van der Waals surface area contributed by atoms with Gasteiger partial charge >= 0.3 is 6.03 Å². The summed E-state index contributed by atoms with van der Waals surface area (Å²) in [7, 11) is 0. The van der Waals surface area contributed by atoms with Crippen LogP contribution in [0.2, 0.25) is 0 Å². The number of hydrogen-bond acceptors (Lipinski definition) is 4. The van der Waals surface area contributed by atoms with Gasteiger partial charge in [-0.05, 0) is 43.0 Å². The molecule has 2 heterocycles. The zero-order chi connectivity index (χ0) is 18.2. The SMILES string of the molecule is CCOCc1ccccc1CNC(=O)Nc1ccc(N2CCCC2)nc1. The number of carbonyl (C=O) groups excluding carboxylic acids is 1. The fourth-order valence-corrected chi connectivity index (χ4v) is 3.03. The van der Waals surface area contributed by atoms with E-state index in [-0.39, 0.29) is 6.03 Å². The van der Waals surface area contributed by atoms with Crippen LogP contribution in [0.1, 0.15) is 30.9 Å². The molecular formula is C20H26N4O2. The van der Waals surface area contributed by atoms with Crippen molar-refractivity contribution < 1.29 is 9.53 Å². The van der Waals surface area contributed by atoms with E-state index in [1.807, 2.05) is 43.3 Å². The van der Waals surface area contributed by atoms with Gasteiger partial charge in [-0.15, -0.1) is 0 Å². The summed E-state index contributed by atoms with van der Waals surface area (Å²) in [5, 5.41) is 5.72. The molecule has 2 amide bonds. The van der Waals surface area contributed by atoms with Gasteiger partial charge in [0, 0.05) is 26.2 Å². The second-order valence-corrected chi connectivity index (χ2v) is 6.31. The van der Waals surface area contributed by atoms with Crippen LogP contribution in [-0.2, 0) is 17.9 Å². The molecular weight excluding hydrogens is 328 g/mol. The van der Waals surface area contributed by atoms with E-state index in [9.17, 15) is 4.79 Å². The Morgan fingerprint density at radius 2 is 1.92 bits per heavy atom. The molecule has 0 bridgehead atoms.